The molecule has 3 heterocycles. The van der Waals surface area contributed by atoms with Crippen LogP contribution in [0.3, 0.4) is 0 Å². The number of halogens is 1. The molecule has 3 aromatic rings. The Labute approximate surface area is 199 Å². The molecule has 7 heteroatoms. The molecule has 33 heavy (non-hydrogen) atoms. The molecule has 0 aliphatic carbocycles. The zero-order valence-corrected chi connectivity index (χ0v) is 19.7. The summed E-state index contributed by atoms with van der Waals surface area (Å²) in [7, 11) is 1.63. The highest BCUT2D eigenvalue weighted by Gasteiger charge is 2.28. The standard InChI is InChI=1S/C26H28ClN5O/c1-4-18(2)30-13-15-31(16-14-30)25-20-11-12-32(17-22(20)28-26(29-25)33-3)23-10-6-8-19-7-5-9-21(27)24(19)23/h4-10H,1-2,11-17H2,3H3. The van der Waals surface area contributed by atoms with Gasteiger partial charge in [0, 0.05) is 55.1 Å². The second kappa shape index (κ2) is 8.94. The van der Waals surface area contributed by atoms with Crippen LogP contribution < -0.4 is 14.5 Å². The van der Waals surface area contributed by atoms with Gasteiger partial charge in [0.05, 0.1) is 24.4 Å². The maximum Gasteiger partial charge on any atom is 0.318 e. The Morgan fingerprint density at radius 1 is 1.03 bits per heavy atom. The number of piperazine rings is 1. The van der Waals surface area contributed by atoms with Crippen LogP contribution in [-0.4, -0.2) is 54.7 Å². The molecule has 2 aliphatic rings. The second-order valence-corrected chi connectivity index (χ2v) is 8.82. The fourth-order valence-electron chi connectivity index (χ4n) is 4.82. The van der Waals surface area contributed by atoms with Crippen LogP contribution >= 0.6 is 11.6 Å². The molecule has 6 nitrogen and oxygen atoms in total. The fourth-order valence-corrected chi connectivity index (χ4v) is 5.10. The van der Waals surface area contributed by atoms with Gasteiger partial charge < -0.3 is 19.4 Å². The number of ether oxygens (including phenoxy) is 1. The summed E-state index contributed by atoms with van der Waals surface area (Å²) in [6, 6.07) is 12.8. The Balaban J connectivity index is 1.46. The molecular weight excluding hydrogens is 434 g/mol. The average molecular weight is 462 g/mol. The maximum atomic E-state index is 6.61. The van der Waals surface area contributed by atoms with Crippen molar-refractivity contribution in [3.8, 4) is 6.01 Å². The molecule has 0 N–H and O–H groups in total. The highest BCUT2D eigenvalue weighted by molar-refractivity contribution is 6.36. The number of nitrogens with zero attached hydrogens (tertiary/aromatic N) is 5. The number of aromatic nitrogens is 2. The van der Waals surface area contributed by atoms with E-state index in [0.717, 1.165) is 77.8 Å². The molecule has 170 valence electrons. The lowest BCUT2D eigenvalue weighted by molar-refractivity contribution is 0.328. The van der Waals surface area contributed by atoms with E-state index in [9.17, 15) is 0 Å². The lowest BCUT2D eigenvalue weighted by atomic mass is 10.0. The van der Waals surface area contributed by atoms with E-state index in [4.69, 9.17) is 26.3 Å². The largest absolute Gasteiger partial charge is 0.467 e. The second-order valence-electron chi connectivity index (χ2n) is 8.42. The van der Waals surface area contributed by atoms with Crippen molar-refractivity contribution in [2.24, 2.45) is 0 Å². The number of anilines is 2. The van der Waals surface area contributed by atoms with E-state index in [1.54, 1.807) is 7.11 Å². The molecule has 1 saturated heterocycles. The third kappa shape index (κ3) is 4.00. The summed E-state index contributed by atoms with van der Waals surface area (Å²) in [6.45, 7) is 13.1. The normalized spacial score (nSPS) is 16.0. The minimum atomic E-state index is 0.416. The highest BCUT2D eigenvalue weighted by Crippen LogP contribution is 2.37. The van der Waals surface area contributed by atoms with Crippen molar-refractivity contribution < 1.29 is 4.74 Å². The zero-order valence-electron chi connectivity index (χ0n) is 18.9. The first-order chi connectivity index (χ1) is 16.1. The molecule has 2 aromatic carbocycles. The number of methoxy groups -OCH3 is 1. The smallest absolute Gasteiger partial charge is 0.318 e. The van der Waals surface area contributed by atoms with E-state index >= 15 is 0 Å². The summed E-state index contributed by atoms with van der Waals surface area (Å²) in [6.07, 6.45) is 2.69. The summed E-state index contributed by atoms with van der Waals surface area (Å²) < 4.78 is 5.49. The topological polar surface area (TPSA) is 44.7 Å². The third-order valence-electron chi connectivity index (χ3n) is 6.60. The van der Waals surface area contributed by atoms with Crippen LogP contribution in [0.1, 0.15) is 11.3 Å². The van der Waals surface area contributed by atoms with Crippen molar-refractivity contribution in [2.45, 2.75) is 13.0 Å². The molecule has 0 bridgehead atoms. The highest BCUT2D eigenvalue weighted by atomic mass is 35.5. The van der Waals surface area contributed by atoms with Crippen LogP contribution in [0.5, 0.6) is 6.01 Å². The van der Waals surface area contributed by atoms with E-state index in [2.05, 4.69) is 52.1 Å². The van der Waals surface area contributed by atoms with Crippen LogP contribution in [0.15, 0.2) is 61.3 Å². The number of benzene rings is 2. The van der Waals surface area contributed by atoms with Gasteiger partial charge in [-0.05, 0) is 30.0 Å². The first-order valence-corrected chi connectivity index (χ1v) is 11.6. The summed E-state index contributed by atoms with van der Waals surface area (Å²) in [4.78, 5) is 16.5. The number of fused-ring (bicyclic) bond motifs is 2. The van der Waals surface area contributed by atoms with Crippen LogP contribution in [0, 0.1) is 0 Å². The van der Waals surface area contributed by atoms with Crippen molar-refractivity contribution in [3.63, 3.8) is 0 Å². The lowest BCUT2D eigenvalue weighted by Crippen LogP contribution is -2.46. The van der Waals surface area contributed by atoms with Crippen LogP contribution in [0.25, 0.3) is 10.8 Å². The lowest BCUT2D eigenvalue weighted by Gasteiger charge is -2.39. The first-order valence-electron chi connectivity index (χ1n) is 11.3. The number of allylic oxidation sites excluding steroid dienone is 1. The van der Waals surface area contributed by atoms with Gasteiger partial charge in [0.15, 0.2) is 0 Å². The predicted molar refractivity (Wildman–Crippen MR) is 135 cm³/mol. The van der Waals surface area contributed by atoms with Crippen molar-refractivity contribution in [1.29, 1.82) is 0 Å². The van der Waals surface area contributed by atoms with Crippen molar-refractivity contribution in [3.05, 3.63) is 77.6 Å². The number of hydrogen-bond donors (Lipinski definition) is 0. The molecule has 0 spiro atoms. The Bertz CT molecular complexity index is 1210. The minimum Gasteiger partial charge on any atom is -0.467 e. The van der Waals surface area contributed by atoms with Gasteiger partial charge in [0.2, 0.25) is 0 Å². The summed E-state index contributed by atoms with van der Waals surface area (Å²) in [5.74, 6) is 0.997. The molecule has 0 saturated carbocycles. The molecule has 1 fully saturated rings. The summed E-state index contributed by atoms with van der Waals surface area (Å²) >= 11 is 6.61. The molecule has 0 atom stereocenters. The quantitative estimate of drug-likeness (QED) is 0.514. The van der Waals surface area contributed by atoms with E-state index in [1.165, 1.54) is 5.56 Å². The van der Waals surface area contributed by atoms with E-state index in [1.807, 2.05) is 18.2 Å². The van der Waals surface area contributed by atoms with Crippen molar-refractivity contribution >= 4 is 33.9 Å². The molecule has 1 aromatic heterocycles. The molecular formula is C26H28ClN5O. The molecule has 0 unspecified atom stereocenters. The van der Waals surface area contributed by atoms with Gasteiger partial charge in [0.25, 0.3) is 0 Å². The fraction of sp³-hybridized carbons (Fsp3) is 0.308. The maximum absolute atomic E-state index is 6.61. The summed E-state index contributed by atoms with van der Waals surface area (Å²) in [5, 5.41) is 3.00. The van der Waals surface area contributed by atoms with E-state index < -0.39 is 0 Å². The zero-order chi connectivity index (χ0) is 22.9. The average Bonchev–Trinajstić information content (AvgIpc) is 2.87. The Morgan fingerprint density at radius 2 is 1.79 bits per heavy atom. The third-order valence-corrected chi connectivity index (χ3v) is 6.91. The van der Waals surface area contributed by atoms with Gasteiger partial charge in [-0.25, -0.2) is 0 Å². The molecule has 0 radical (unpaired) electrons. The monoisotopic (exact) mass is 461 g/mol. The van der Waals surface area contributed by atoms with Gasteiger partial charge in [-0.2, -0.15) is 9.97 Å². The van der Waals surface area contributed by atoms with Crippen molar-refractivity contribution in [2.75, 3.05) is 49.6 Å². The number of hydrogen-bond acceptors (Lipinski definition) is 6. The van der Waals surface area contributed by atoms with Crippen LogP contribution in [0.2, 0.25) is 5.02 Å². The van der Waals surface area contributed by atoms with E-state index in [-0.39, 0.29) is 0 Å². The Kier molecular flexibility index (Phi) is 5.85. The molecule has 5 rings (SSSR count). The molecule has 0 amide bonds. The SMILES string of the molecule is C=CC(=C)N1CCN(c2nc(OC)nc3c2CCN(c2cccc4cccc(Cl)c24)C3)CC1. The van der Waals surface area contributed by atoms with Crippen molar-refractivity contribution in [1.82, 2.24) is 14.9 Å². The van der Waals surface area contributed by atoms with E-state index in [0.29, 0.717) is 12.6 Å². The predicted octanol–water partition coefficient (Wildman–Crippen LogP) is 4.68. The first kappa shape index (κ1) is 21.6. The van der Waals surface area contributed by atoms with Crippen LogP contribution in [-0.2, 0) is 13.0 Å². The van der Waals surface area contributed by atoms with Gasteiger partial charge in [0.1, 0.15) is 5.82 Å². The Hall–Kier alpha value is -3.25. The Morgan fingerprint density at radius 3 is 2.52 bits per heavy atom. The van der Waals surface area contributed by atoms with Gasteiger partial charge in [-0.3, -0.25) is 0 Å². The van der Waals surface area contributed by atoms with Gasteiger partial charge in [-0.1, -0.05) is 49.0 Å². The van der Waals surface area contributed by atoms with Gasteiger partial charge in [-0.15, -0.1) is 0 Å². The van der Waals surface area contributed by atoms with Gasteiger partial charge >= 0.3 is 6.01 Å². The van der Waals surface area contributed by atoms with Crippen LogP contribution in [0.4, 0.5) is 11.5 Å². The molecule has 2 aliphatic heterocycles. The number of rotatable bonds is 5. The minimum absolute atomic E-state index is 0.416. The summed E-state index contributed by atoms with van der Waals surface area (Å²) in [5.41, 5.74) is 4.35.